The van der Waals surface area contributed by atoms with Crippen molar-refractivity contribution in [2.45, 2.75) is 64.8 Å². The molecule has 3 amide bonds. The number of benzene rings is 2. The Hall–Kier alpha value is -3.88. The van der Waals surface area contributed by atoms with Crippen molar-refractivity contribution in [2.24, 2.45) is 0 Å². The molecule has 0 aromatic heterocycles. The topological polar surface area (TPSA) is 105 Å². The zero-order chi connectivity index (χ0) is 27.3. The maximum Gasteiger partial charge on any atom is 0.410 e. The summed E-state index contributed by atoms with van der Waals surface area (Å²) < 4.78 is 10.6. The summed E-state index contributed by atoms with van der Waals surface area (Å²) in [5.74, 6) is -1.53. The van der Waals surface area contributed by atoms with E-state index in [1.54, 1.807) is 77.1 Å². The van der Waals surface area contributed by atoms with Crippen LogP contribution in [-0.4, -0.2) is 60.1 Å². The molecular weight excluding hydrogens is 474 g/mol. The molecule has 1 N–H and O–H groups in total. The predicted octanol–water partition coefficient (Wildman–Crippen LogP) is 3.62. The highest BCUT2D eigenvalue weighted by molar-refractivity contribution is 6.06. The van der Waals surface area contributed by atoms with Crippen molar-refractivity contribution in [1.82, 2.24) is 10.2 Å². The molecular formula is C28H35N3O6. The summed E-state index contributed by atoms with van der Waals surface area (Å²) in [5.41, 5.74) is 1.25. The van der Waals surface area contributed by atoms with Crippen LogP contribution in [0.1, 0.15) is 51.8 Å². The van der Waals surface area contributed by atoms with Crippen LogP contribution in [0.4, 0.5) is 10.5 Å². The van der Waals surface area contributed by atoms with Gasteiger partial charge in [-0.25, -0.2) is 9.59 Å². The molecule has 0 radical (unpaired) electrons. The van der Waals surface area contributed by atoms with E-state index < -0.39 is 47.6 Å². The maximum atomic E-state index is 14.1. The van der Waals surface area contributed by atoms with Crippen molar-refractivity contribution in [3.63, 3.8) is 0 Å². The van der Waals surface area contributed by atoms with Gasteiger partial charge in [0.2, 0.25) is 5.91 Å². The highest BCUT2D eigenvalue weighted by Crippen LogP contribution is 2.35. The summed E-state index contributed by atoms with van der Waals surface area (Å²) in [6.45, 7) is 8.66. The Morgan fingerprint density at radius 1 is 1.05 bits per heavy atom. The van der Waals surface area contributed by atoms with Crippen LogP contribution in [0.2, 0.25) is 0 Å². The van der Waals surface area contributed by atoms with Crippen LogP contribution < -0.4 is 10.2 Å². The molecule has 0 fully saturated rings. The number of carbonyl (C=O) groups is 4. The largest absolute Gasteiger partial charge is 0.464 e. The minimum atomic E-state index is -1.11. The minimum Gasteiger partial charge on any atom is -0.464 e. The van der Waals surface area contributed by atoms with E-state index in [9.17, 15) is 19.2 Å². The SMILES string of the molecule is CCOC(=O)[C@@H]1Cc2ccccc2N1C(=O)C(NC(=O)C(C)N(C)C(=O)OC(C)(C)C)c1ccccc1. The molecule has 198 valence electrons. The van der Waals surface area contributed by atoms with Crippen LogP contribution in [0.25, 0.3) is 0 Å². The molecule has 1 aliphatic rings. The molecule has 0 saturated carbocycles. The molecule has 9 heteroatoms. The number of ether oxygens (including phenoxy) is 2. The van der Waals surface area contributed by atoms with Gasteiger partial charge < -0.3 is 14.8 Å². The third-order valence-electron chi connectivity index (χ3n) is 6.08. The van der Waals surface area contributed by atoms with Gasteiger partial charge >= 0.3 is 12.1 Å². The van der Waals surface area contributed by atoms with Crippen LogP contribution in [0.5, 0.6) is 0 Å². The minimum absolute atomic E-state index is 0.182. The average molecular weight is 510 g/mol. The molecule has 37 heavy (non-hydrogen) atoms. The van der Waals surface area contributed by atoms with Gasteiger partial charge in [0.1, 0.15) is 23.7 Å². The van der Waals surface area contributed by atoms with E-state index in [0.717, 1.165) is 5.56 Å². The summed E-state index contributed by atoms with van der Waals surface area (Å²) in [6, 6.07) is 13.2. The van der Waals surface area contributed by atoms with E-state index in [4.69, 9.17) is 9.47 Å². The van der Waals surface area contributed by atoms with Crippen molar-refractivity contribution < 1.29 is 28.7 Å². The Bertz CT molecular complexity index is 1140. The fourth-order valence-corrected chi connectivity index (χ4v) is 4.09. The number of fused-ring (bicyclic) bond motifs is 1. The summed E-state index contributed by atoms with van der Waals surface area (Å²) >= 11 is 0. The van der Waals surface area contributed by atoms with Gasteiger partial charge in [-0.1, -0.05) is 48.5 Å². The van der Waals surface area contributed by atoms with Gasteiger partial charge in [-0.3, -0.25) is 19.4 Å². The molecule has 9 nitrogen and oxygen atoms in total. The Balaban J connectivity index is 1.92. The zero-order valence-electron chi connectivity index (χ0n) is 22.2. The fourth-order valence-electron chi connectivity index (χ4n) is 4.09. The second-order valence-corrected chi connectivity index (χ2v) is 9.93. The van der Waals surface area contributed by atoms with Crippen LogP contribution in [0.3, 0.4) is 0 Å². The summed E-state index contributed by atoms with van der Waals surface area (Å²) in [6.07, 6.45) is -0.345. The standard InChI is InChI=1S/C28H35N3O6/c1-7-36-26(34)22-17-20-15-11-12-16-21(20)31(22)25(33)23(19-13-9-8-10-14-19)29-24(32)18(2)30(6)27(35)37-28(3,4)5/h8-16,18,22-23H,7,17H2,1-6H3,(H,29,32)/t18?,22-,23?/m0/s1. The number of esters is 1. The molecule has 0 spiro atoms. The molecule has 2 aromatic rings. The summed E-state index contributed by atoms with van der Waals surface area (Å²) in [5, 5.41) is 2.80. The number of nitrogens with zero attached hydrogens (tertiary/aromatic N) is 2. The first-order valence-corrected chi connectivity index (χ1v) is 12.3. The van der Waals surface area contributed by atoms with Crippen LogP contribution in [-0.2, 0) is 30.3 Å². The van der Waals surface area contributed by atoms with Crippen LogP contribution in [0, 0.1) is 0 Å². The number of nitrogens with one attached hydrogen (secondary N) is 1. The van der Waals surface area contributed by atoms with E-state index in [1.165, 1.54) is 16.8 Å². The number of anilines is 1. The van der Waals surface area contributed by atoms with Gasteiger partial charge in [-0.2, -0.15) is 0 Å². The monoisotopic (exact) mass is 509 g/mol. The van der Waals surface area contributed by atoms with E-state index in [2.05, 4.69) is 5.32 Å². The van der Waals surface area contributed by atoms with Gasteiger partial charge in [-0.15, -0.1) is 0 Å². The number of hydrogen-bond acceptors (Lipinski definition) is 6. The third-order valence-corrected chi connectivity index (χ3v) is 6.08. The molecule has 3 atom stereocenters. The zero-order valence-corrected chi connectivity index (χ0v) is 22.2. The van der Waals surface area contributed by atoms with Crippen molar-refractivity contribution in [3.8, 4) is 0 Å². The highest BCUT2D eigenvalue weighted by atomic mass is 16.6. The lowest BCUT2D eigenvalue weighted by molar-refractivity contribution is -0.145. The van der Waals surface area contributed by atoms with Gasteiger partial charge in [-0.05, 0) is 51.8 Å². The van der Waals surface area contributed by atoms with Gasteiger partial charge in [0.25, 0.3) is 5.91 Å². The second kappa shape index (κ2) is 11.5. The first kappa shape index (κ1) is 27.7. The van der Waals surface area contributed by atoms with Crippen molar-refractivity contribution in [3.05, 3.63) is 65.7 Å². The Morgan fingerprint density at radius 3 is 2.30 bits per heavy atom. The number of amides is 3. The fraction of sp³-hybridized carbons (Fsp3) is 0.429. The van der Waals surface area contributed by atoms with Crippen molar-refractivity contribution >= 4 is 29.6 Å². The predicted molar refractivity (Wildman–Crippen MR) is 139 cm³/mol. The van der Waals surface area contributed by atoms with Gasteiger partial charge in [0.15, 0.2) is 0 Å². The van der Waals surface area contributed by atoms with Gasteiger partial charge in [0.05, 0.1) is 6.61 Å². The Morgan fingerprint density at radius 2 is 1.68 bits per heavy atom. The third kappa shape index (κ3) is 6.47. The smallest absolute Gasteiger partial charge is 0.410 e. The van der Waals surface area contributed by atoms with Gasteiger partial charge in [0, 0.05) is 19.2 Å². The molecule has 2 unspecified atom stereocenters. The molecule has 3 rings (SSSR count). The van der Waals surface area contributed by atoms with Crippen LogP contribution in [0.15, 0.2) is 54.6 Å². The normalized spacial score (nSPS) is 16.3. The molecule has 0 saturated heterocycles. The van der Waals surface area contributed by atoms with E-state index in [-0.39, 0.29) is 6.61 Å². The Labute approximate surface area is 217 Å². The lowest BCUT2D eigenvalue weighted by Crippen LogP contribution is -2.53. The quantitative estimate of drug-likeness (QED) is 0.572. The summed E-state index contributed by atoms with van der Waals surface area (Å²) in [7, 11) is 1.46. The molecule has 0 aliphatic carbocycles. The number of carbonyl (C=O) groups excluding carboxylic acids is 4. The van der Waals surface area contributed by atoms with Crippen molar-refractivity contribution in [1.29, 1.82) is 0 Å². The Kier molecular flexibility index (Phi) is 8.57. The van der Waals surface area contributed by atoms with Crippen LogP contribution >= 0.6 is 0 Å². The average Bonchev–Trinajstić information content (AvgIpc) is 3.25. The first-order chi connectivity index (χ1) is 17.4. The molecule has 0 bridgehead atoms. The number of likely N-dealkylation sites (N-methyl/N-ethyl adjacent to an activating group) is 1. The second-order valence-electron chi connectivity index (χ2n) is 9.93. The van der Waals surface area contributed by atoms with E-state index in [1.807, 2.05) is 12.1 Å². The lowest BCUT2D eigenvalue weighted by atomic mass is 10.0. The van der Waals surface area contributed by atoms with Crippen molar-refractivity contribution in [2.75, 3.05) is 18.6 Å². The number of rotatable bonds is 7. The van der Waals surface area contributed by atoms with E-state index in [0.29, 0.717) is 17.7 Å². The molecule has 2 aromatic carbocycles. The first-order valence-electron chi connectivity index (χ1n) is 12.3. The lowest BCUT2D eigenvalue weighted by Gasteiger charge is -2.31. The summed E-state index contributed by atoms with van der Waals surface area (Å²) in [4.78, 5) is 55.3. The number of hydrogen-bond donors (Lipinski definition) is 1. The molecule has 1 heterocycles. The highest BCUT2D eigenvalue weighted by Gasteiger charge is 2.42. The number of para-hydroxylation sites is 1. The molecule has 1 aliphatic heterocycles. The maximum absolute atomic E-state index is 14.1. The van der Waals surface area contributed by atoms with E-state index >= 15 is 0 Å².